The van der Waals surface area contributed by atoms with Crippen LogP contribution < -0.4 is 9.64 Å². The van der Waals surface area contributed by atoms with Gasteiger partial charge in [0.2, 0.25) is 5.91 Å². The molecule has 1 aromatic carbocycles. The molecular weight excluding hydrogens is 485 g/mol. The van der Waals surface area contributed by atoms with E-state index in [0.717, 1.165) is 43.1 Å². The molecule has 5 rings (SSSR count). The summed E-state index contributed by atoms with van der Waals surface area (Å²) in [5.74, 6) is 2.44. The van der Waals surface area contributed by atoms with Gasteiger partial charge < -0.3 is 19.1 Å². The summed E-state index contributed by atoms with van der Waals surface area (Å²) in [5, 5.41) is 4.07. The van der Waals surface area contributed by atoms with E-state index in [1.807, 2.05) is 0 Å². The maximum atomic E-state index is 14.5. The van der Waals surface area contributed by atoms with Crippen molar-refractivity contribution in [1.29, 1.82) is 0 Å². The third-order valence-corrected chi connectivity index (χ3v) is 8.00. The van der Waals surface area contributed by atoms with Gasteiger partial charge in [-0.15, -0.1) is 0 Å². The van der Waals surface area contributed by atoms with Crippen LogP contribution >= 0.6 is 0 Å². The van der Waals surface area contributed by atoms with Crippen molar-refractivity contribution in [3.8, 4) is 5.75 Å². The summed E-state index contributed by atoms with van der Waals surface area (Å²) in [7, 11) is 0. The number of hydrogen-bond acceptors (Lipinski definition) is 6. The molecule has 0 N–H and O–H groups in total. The lowest BCUT2D eigenvalue weighted by molar-refractivity contribution is -0.129. The second-order valence-corrected chi connectivity index (χ2v) is 11.0. The summed E-state index contributed by atoms with van der Waals surface area (Å²) in [4.78, 5) is 20.1. The number of likely N-dealkylation sites (tertiary alicyclic amines) is 1. The first-order chi connectivity index (χ1) is 17.8. The number of carbonyl (C=O) groups excluding carboxylic acids is 1. The molecule has 0 unspecified atom stereocenters. The molecule has 3 aliphatic rings. The van der Waals surface area contributed by atoms with E-state index in [1.165, 1.54) is 18.6 Å². The molecule has 3 heterocycles. The molecule has 202 valence electrons. The average Bonchev–Trinajstić information content (AvgIpc) is 3.31. The van der Waals surface area contributed by atoms with Gasteiger partial charge in [0.25, 0.3) is 0 Å². The molecule has 37 heavy (non-hydrogen) atoms. The SMILES string of the molecule is CC(C)c1noc(N2CCC([C@H]3C[C@H]3CCOc3ccc(CC(=O)N4C[C@H](F)[C@@H](F)C4)c(F)c3)CC2)n1. The van der Waals surface area contributed by atoms with E-state index < -0.39 is 24.1 Å². The molecule has 0 radical (unpaired) electrons. The van der Waals surface area contributed by atoms with E-state index in [4.69, 9.17) is 9.26 Å². The van der Waals surface area contributed by atoms with Gasteiger partial charge >= 0.3 is 6.01 Å². The van der Waals surface area contributed by atoms with Gasteiger partial charge in [-0.2, -0.15) is 4.98 Å². The van der Waals surface area contributed by atoms with Gasteiger partial charge in [-0.3, -0.25) is 4.79 Å². The third-order valence-electron chi connectivity index (χ3n) is 8.00. The Bertz CT molecular complexity index is 1080. The highest BCUT2D eigenvalue weighted by atomic mass is 19.2. The van der Waals surface area contributed by atoms with Crippen molar-refractivity contribution in [3.05, 3.63) is 35.4 Å². The van der Waals surface area contributed by atoms with E-state index in [-0.39, 0.29) is 31.0 Å². The summed E-state index contributed by atoms with van der Waals surface area (Å²) in [6.45, 7) is 5.92. The van der Waals surface area contributed by atoms with Crippen molar-refractivity contribution >= 4 is 11.9 Å². The van der Waals surface area contributed by atoms with Crippen molar-refractivity contribution in [2.75, 3.05) is 37.7 Å². The monoisotopic (exact) mass is 520 g/mol. The Hall–Kier alpha value is -2.78. The number of ether oxygens (including phenoxy) is 1. The Balaban J connectivity index is 1.02. The molecular formula is C27H35F3N4O3. The Morgan fingerprint density at radius 3 is 2.57 bits per heavy atom. The number of aromatic nitrogens is 2. The lowest BCUT2D eigenvalue weighted by atomic mass is 9.90. The zero-order valence-electron chi connectivity index (χ0n) is 21.4. The number of nitrogens with zero attached hydrogens (tertiary/aromatic N) is 4. The number of carbonyl (C=O) groups is 1. The van der Waals surface area contributed by atoms with Crippen LogP contribution in [0, 0.1) is 23.6 Å². The fraction of sp³-hybridized carbons (Fsp3) is 0.667. The predicted octanol–water partition coefficient (Wildman–Crippen LogP) is 4.71. The van der Waals surface area contributed by atoms with Crippen molar-refractivity contribution in [1.82, 2.24) is 15.0 Å². The predicted molar refractivity (Wildman–Crippen MR) is 132 cm³/mol. The molecule has 1 saturated carbocycles. The van der Waals surface area contributed by atoms with E-state index in [0.29, 0.717) is 36.1 Å². The summed E-state index contributed by atoms with van der Waals surface area (Å²) in [6, 6.07) is 5.07. The number of hydrogen-bond donors (Lipinski definition) is 0. The van der Waals surface area contributed by atoms with Crippen LogP contribution in [0.5, 0.6) is 5.75 Å². The maximum Gasteiger partial charge on any atom is 0.324 e. The molecule has 1 amide bonds. The van der Waals surface area contributed by atoms with Crippen molar-refractivity contribution < 1.29 is 27.2 Å². The van der Waals surface area contributed by atoms with E-state index in [1.54, 1.807) is 6.07 Å². The van der Waals surface area contributed by atoms with Crippen LogP contribution in [0.3, 0.4) is 0 Å². The molecule has 3 fully saturated rings. The van der Waals surface area contributed by atoms with Gasteiger partial charge in [0, 0.05) is 25.1 Å². The largest absolute Gasteiger partial charge is 0.493 e. The molecule has 2 saturated heterocycles. The highest BCUT2D eigenvalue weighted by molar-refractivity contribution is 5.79. The Morgan fingerprint density at radius 1 is 1.19 bits per heavy atom. The number of rotatable bonds is 9. The Labute approximate surface area is 215 Å². The van der Waals surface area contributed by atoms with Gasteiger partial charge in [0.1, 0.15) is 11.6 Å². The standard InChI is InChI=1S/C27H35F3N4O3/c1-16(2)26-31-27(37-32-26)33-8-5-17(6-9-33)21-11-18(21)7-10-36-20-4-3-19(22(28)13-20)12-25(35)34-14-23(29)24(30)15-34/h3-4,13,16-18,21,23-24H,5-12,14-15H2,1-2H3/t18-,21-,23+,24+/m1/s1. The van der Waals surface area contributed by atoms with Crippen LogP contribution in [-0.2, 0) is 11.2 Å². The minimum Gasteiger partial charge on any atom is -0.493 e. The van der Waals surface area contributed by atoms with Gasteiger partial charge in [-0.1, -0.05) is 25.1 Å². The number of benzene rings is 1. The number of amides is 1. The van der Waals surface area contributed by atoms with Gasteiger partial charge in [0.05, 0.1) is 26.1 Å². The minimum atomic E-state index is -1.67. The summed E-state index contributed by atoms with van der Waals surface area (Å²) in [5.41, 5.74) is 0.199. The minimum absolute atomic E-state index is 0.199. The highest BCUT2D eigenvalue weighted by Crippen LogP contribution is 2.50. The van der Waals surface area contributed by atoms with Crippen LogP contribution in [-0.4, -0.2) is 66.1 Å². The number of piperidine rings is 1. The van der Waals surface area contributed by atoms with E-state index >= 15 is 0 Å². The molecule has 0 bridgehead atoms. The summed E-state index contributed by atoms with van der Waals surface area (Å²) >= 11 is 0. The van der Waals surface area contributed by atoms with Crippen molar-refractivity contribution in [3.63, 3.8) is 0 Å². The Morgan fingerprint density at radius 2 is 1.92 bits per heavy atom. The molecule has 10 heteroatoms. The fourth-order valence-electron chi connectivity index (χ4n) is 5.58. The first-order valence-electron chi connectivity index (χ1n) is 13.3. The smallest absolute Gasteiger partial charge is 0.324 e. The summed E-state index contributed by atoms with van der Waals surface area (Å²) in [6.07, 6.45) is 0.801. The quantitative estimate of drug-likeness (QED) is 0.477. The molecule has 2 aromatic rings. The Kier molecular flexibility index (Phi) is 7.62. The lowest BCUT2D eigenvalue weighted by Crippen LogP contribution is -2.34. The topological polar surface area (TPSA) is 71.7 Å². The maximum absolute atomic E-state index is 14.5. The highest BCUT2D eigenvalue weighted by Gasteiger charge is 2.43. The zero-order valence-corrected chi connectivity index (χ0v) is 21.4. The molecule has 4 atom stereocenters. The number of halogens is 3. The molecule has 1 aromatic heterocycles. The molecule has 7 nitrogen and oxygen atoms in total. The van der Waals surface area contributed by atoms with Crippen LogP contribution in [0.4, 0.5) is 19.2 Å². The van der Waals surface area contributed by atoms with Gasteiger partial charge in [-0.25, -0.2) is 13.2 Å². The van der Waals surface area contributed by atoms with Crippen molar-refractivity contribution in [2.45, 2.75) is 64.2 Å². The summed E-state index contributed by atoms with van der Waals surface area (Å²) < 4.78 is 52.4. The van der Waals surface area contributed by atoms with Gasteiger partial charge in [-0.05, 0) is 55.1 Å². The van der Waals surface area contributed by atoms with E-state index in [9.17, 15) is 18.0 Å². The van der Waals surface area contributed by atoms with Crippen LogP contribution in [0.2, 0.25) is 0 Å². The fourth-order valence-corrected chi connectivity index (χ4v) is 5.58. The van der Waals surface area contributed by atoms with Crippen molar-refractivity contribution in [2.24, 2.45) is 17.8 Å². The lowest BCUT2D eigenvalue weighted by Gasteiger charge is -2.30. The second-order valence-electron chi connectivity index (χ2n) is 11.0. The van der Waals surface area contributed by atoms with Crippen LogP contribution in [0.25, 0.3) is 0 Å². The number of alkyl halides is 2. The zero-order chi connectivity index (χ0) is 26.1. The van der Waals surface area contributed by atoms with Crippen LogP contribution in [0.15, 0.2) is 22.7 Å². The van der Waals surface area contributed by atoms with E-state index in [2.05, 4.69) is 28.9 Å². The number of anilines is 1. The molecule has 1 aliphatic carbocycles. The van der Waals surface area contributed by atoms with Gasteiger partial charge in [0.15, 0.2) is 18.2 Å². The third kappa shape index (κ3) is 6.04. The molecule has 2 aliphatic heterocycles. The average molecular weight is 521 g/mol. The van der Waals surface area contributed by atoms with Crippen LogP contribution in [0.1, 0.15) is 56.8 Å². The second kappa shape index (κ2) is 10.9. The first-order valence-corrected chi connectivity index (χ1v) is 13.3. The first kappa shape index (κ1) is 25.9. The molecule has 0 spiro atoms. The normalized spacial score (nSPS) is 26.2.